The van der Waals surface area contributed by atoms with Crippen LogP contribution >= 0.6 is 0 Å². The summed E-state index contributed by atoms with van der Waals surface area (Å²) < 4.78 is 5.78. The predicted octanol–water partition coefficient (Wildman–Crippen LogP) is 3.42. The molecule has 0 saturated heterocycles. The normalized spacial score (nSPS) is 10.6. The number of carbonyl (C=O) groups excluding carboxylic acids is 1. The molecule has 0 atom stereocenters. The van der Waals surface area contributed by atoms with Crippen molar-refractivity contribution in [2.24, 2.45) is 5.10 Å². The van der Waals surface area contributed by atoms with Gasteiger partial charge in [-0.15, -0.1) is 0 Å². The Hall–Kier alpha value is -3.47. The number of carbonyl (C=O) groups is 1. The maximum Gasteiger partial charge on any atom is 0.275 e. The molecule has 124 valence electrons. The van der Waals surface area contributed by atoms with Gasteiger partial charge in [-0.3, -0.25) is 9.78 Å². The van der Waals surface area contributed by atoms with Crippen LogP contribution < -0.4 is 10.2 Å². The van der Waals surface area contributed by atoms with E-state index in [4.69, 9.17) is 4.74 Å². The van der Waals surface area contributed by atoms with E-state index in [9.17, 15) is 4.79 Å². The molecule has 0 unspecified atom stereocenters. The Labute approximate surface area is 146 Å². The SMILES string of the molecule is O=C(N/N=C/c1ccccn1)c1ccccc1OCc1ccccc1. The van der Waals surface area contributed by atoms with Gasteiger partial charge in [-0.05, 0) is 29.8 Å². The molecule has 0 aliphatic rings. The molecule has 0 aliphatic carbocycles. The summed E-state index contributed by atoms with van der Waals surface area (Å²) in [5.74, 6) is 0.174. The molecule has 3 rings (SSSR count). The molecule has 0 saturated carbocycles. The summed E-state index contributed by atoms with van der Waals surface area (Å²) in [5.41, 5.74) is 4.62. The van der Waals surface area contributed by atoms with Crippen molar-refractivity contribution in [1.82, 2.24) is 10.4 Å². The van der Waals surface area contributed by atoms with Crippen molar-refractivity contribution >= 4 is 12.1 Å². The number of pyridine rings is 1. The first kappa shape index (κ1) is 16.4. The molecule has 0 bridgehead atoms. The lowest BCUT2D eigenvalue weighted by Gasteiger charge is -2.10. The smallest absolute Gasteiger partial charge is 0.275 e. The third kappa shape index (κ3) is 4.75. The Balaban J connectivity index is 1.65. The van der Waals surface area contributed by atoms with Crippen molar-refractivity contribution in [3.63, 3.8) is 0 Å². The summed E-state index contributed by atoms with van der Waals surface area (Å²) in [5, 5.41) is 3.93. The average molecular weight is 331 g/mol. The first-order chi connectivity index (χ1) is 12.3. The van der Waals surface area contributed by atoms with Crippen molar-refractivity contribution in [3.05, 3.63) is 95.8 Å². The highest BCUT2D eigenvalue weighted by atomic mass is 16.5. The summed E-state index contributed by atoms with van der Waals surface area (Å²) in [4.78, 5) is 16.4. The van der Waals surface area contributed by atoms with Crippen molar-refractivity contribution in [2.45, 2.75) is 6.61 Å². The van der Waals surface area contributed by atoms with E-state index in [0.717, 1.165) is 5.56 Å². The fraction of sp³-hybridized carbons (Fsp3) is 0.0500. The van der Waals surface area contributed by atoms with Gasteiger partial charge < -0.3 is 4.74 Å². The van der Waals surface area contributed by atoms with Crippen LogP contribution in [-0.2, 0) is 6.61 Å². The van der Waals surface area contributed by atoms with Crippen LogP contribution in [0.15, 0.2) is 84.1 Å². The second-order valence-corrected chi connectivity index (χ2v) is 5.22. The quantitative estimate of drug-likeness (QED) is 0.556. The lowest BCUT2D eigenvalue weighted by atomic mass is 10.2. The van der Waals surface area contributed by atoms with E-state index in [0.29, 0.717) is 23.6 Å². The number of hydrogen-bond acceptors (Lipinski definition) is 4. The molecule has 1 heterocycles. The van der Waals surface area contributed by atoms with Crippen LogP contribution in [0.2, 0.25) is 0 Å². The number of rotatable bonds is 6. The van der Waals surface area contributed by atoms with Gasteiger partial charge in [0.1, 0.15) is 12.4 Å². The van der Waals surface area contributed by atoms with Crippen LogP contribution in [0.3, 0.4) is 0 Å². The standard InChI is InChI=1S/C20H17N3O2/c24-20(23-22-14-17-10-6-7-13-21-17)18-11-4-5-12-19(18)25-15-16-8-2-1-3-9-16/h1-14H,15H2,(H,23,24)/b22-14+. The maximum atomic E-state index is 12.3. The van der Waals surface area contributed by atoms with Crippen LogP contribution in [0, 0.1) is 0 Å². The zero-order chi connectivity index (χ0) is 17.3. The fourth-order valence-corrected chi connectivity index (χ4v) is 2.19. The van der Waals surface area contributed by atoms with E-state index >= 15 is 0 Å². The van der Waals surface area contributed by atoms with Crippen LogP contribution in [-0.4, -0.2) is 17.1 Å². The number of nitrogens with one attached hydrogen (secondary N) is 1. The lowest BCUT2D eigenvalue weighted by Crippen LogP contribution is -2.18. The number of hydrazone groups is 1. The highest BCUT2D eigenvalue weighted by molar-refractivity contribution is 5.97. The second kappa shape index (κ2) is 8.40. The minimum absolute atomic E-state index is 0.337. The van der Waals surface area contributed by atoms with Gasteiger partial charge in [-0.1, -0.05) is 48.5 Å². The number of benzene rings is 2. The molecule has 1 amide bonds. The molecule has 2 aromatic carbocycles. The van der Waals surface area contributed by atoms with Crippen molar-refractivity contribution in [2.75, 3.05) is 0 Å². The molecule has 1 aromatic heterocycles. The molecule has 5 nitrogen and oxygen atoms in total. The molecule has 0 radical (unpaired) electrons. The van der Waals surface area contributed by atoms with Crippen LogP contribution in [0.4, 0.5) is 0 Å². The van der Waals surface area contributed by atoms with E-state index < -0.39 is 0 Å². The molecule has 3 aromatic rings. The first-order valence-corrected chi connectivity index (χ1v) is 7.83. The highest BCUT2D eigenvalue weighted by Crippen LogP contribution is 2.19. The second-order valence-electron chi connectivity index (χ2n) is 5.22. The summed E-state index contributed by atoms with van der Waals surface area (Å²) in [6.07, 6.45) is 3.15. The summed E-state index contributed by atoms with van der Waals surface area (Å²) in [7, 11) is 0. The minimum atomic E-state index is -0.337. The lowest BCUT2D eigenvalue weighted by molar-refractivity contribution is 0.0950. The largest absolute Gasteiger partial charge is 0.488 e. The number of amides is 1. The number of hydrogen-bond donors (Lipinski definition) is 1. The van der Waals surface area contributed by atoms with Gasteiger partial charge in [0.05, 0.1) is 17.5 Å². The van der Waals surface area contributed by atoms with Gasteiger partial charge in [0.15, 0.2) is 0 Å². The Bertz CT molecular complexity index is 849. The topological polar surface area (TPSA) is 63.6 Å². The zero-order valence-electron chi connectivity index (χ0n) is 13.5. The van der Waals surface area contributed by atoms with E-state index in [1.807, 2.05) is 48.5 Å². The molecule has 1 N–H and O–H groups in total. The predicted molar refractivity (Wildman–Crippen MR) is 96.5 cm³/mol. The maximum absolute atomic E-state index is 12.3. The molecule has 0 spiro atoms. The van der Waals surface area contributed by atoms with Crippen LogP contribution in [0.1, 0.15) is 21.6 Å². The van der Waals surface area contributed by atoms with Gasteiger partial charge >= 0.3 is 0 Å². The van der Waals surface area contributed by atoms with Crippen molar-refractivity contribution in [1.29, 1.82) is 0 Å². The molecule has 5 heteroatoms. The summed E-state index contributed by atoms with van der Waals surface area (Å²) in [6.45, 7) is 0.391. The molecular weight excluding hydrogens is 314 g/mol. The van der Waals surface area contributed by atoms with Crippen molar-refractivity contribution < 1.29 is 9.53 Å². The van der Waals surface area contributed by atoms with Gasteiger partial charge in [0.2, 0.25) is 0 Å². The van der Waals surface area contributed by atoms with Gasteiger partial charge in [-0.25, -0.2) is 5.43 Å². The highest BCUT2D eigenvalue weighted by Gasteiger charge is 2.11. The average Bonchev–Trinajstić information content (AvgIpc) is 2.68. The number of nitrogens with zero attached hydrogens (tertiary/aromatic N) is 2. The first-order valence-electron chi connectivity index (χ1n) is 7.83. The van der Waals surface area contributed by atoms with E-state index in [1.54, 1.807) is 30.5 Å². The summed E-state index contributed by atoms with van der Waals surface area (Å²) >= 11 is 0. The van der Waals surface area contributed by atoms with Crippen molar-refractivity contribution in [3.8, 4) is 5.75 Å². The van der Waals surface area contributed by atoms with Crippen LogP contribution in [0.25, 0.3) is 0 Å². The van der Waals surface area contributed by atoms with Gasteiger partial charge in [0, 0.05) is 6.20 Å². The zero-order valence-corrected chi connectivity index (χ0v) is 13.5. The molecule has 0 aliphatic heterocycles. The Morgan fingerprint density at radius 2 is 1.76 bits per heavy atom. The Morgan fingerprint density at radius 1 is 1.00 bits per heavy atom. The third-order valence-corrected chi connectivity index (χ3v) is 3.42. The number of ether oxygens (including phenoxy) is 1. The minimum Gasteiger partial charge on any atom is -0.488 e. The Kier molecular flexibility index (Phi) is 5.51. The number of aromatic nitrogens is 1. The molecule has 25 heavy (non-hydrogen) atoms. The van der Waals surface area contributed by atoms with E-state index in [2.05, 4.69) is 15.5 Å². The van der Waals surface area contributed by atoms with E-state index in [1.165, 1.54) is 6.21 Å². The van der Waals surface area contributed by atoms with Crippen LogP contribution in [0.5, 0.6) is 5.75 Å². The van der Waals surface area contributed by atoms with Gasteiger partial charge in [-0.2, -0.15) is 5.10 Å². The third-order valence-electron chi connectivity index (χ3n) is 3.42. The molecular formula is C20H17N3O2. The van der Waals surface area contributed by atoms with Gasteiger partial charge in [0.25, 0.3) is 5.91 Å². The fourth-order valence-electron chi connectivity index (χ4n) is 2.19. The number of para-hydroxylation sites is 1. The van der Waals surface area contributed by atoms with E-state index in [-0.39, 0.29) is 5.91 Å². The Morgan fingerprint density at radius 3 is 2.56 bits per heavy atom. The monoisotopic (exact) mass is 331 g/mol. The molecule has 0 fully saturated rings. The summed E-state index contributed by atoms with van der Waals surface area (Å²) in [6, 6.07) is 22.3.